The number of amides is 1. The molecule has 152 valence electrons. The van der Waals surface area contributed by atoms with Gasteiger partial charge in [0.2, 0.25) is 0 Å². The zero-order valence-corrected chi connectivity index (χ0v) is 17.4. The molecule has 0 aromatic heterocycles. The summed E-state index contributed by atoms with van der Waals surface area (Å²) in [6, 6.07) is 15.3. The average molecular weight is 412 g/mol. The Morgan fingerprint density at radius 3 is 2.52 bits per heavy atom. The van der Waals surface area contributed by atoms with E-state index in [4.69, 9.17) is 21.4 Å². The summed E-state index contributed by atoms with van der Waals surface area (Å²) >= 11 is 6.48. The third-order valence-corrected chi connectivity index (χ3v) is 6.01. The Morgan fingerprint density at radius 1 is 1.10 bits per heavy atom. The summed E-state index contributed by atoms with van der Waals surface area (Å²) in [4.78, 5) is 15.4. The van der Waals surface area contributed by atoms with Crippen LogP contribution in [0.2, 0.25) is 5.02 Å². The van der Waals surface area contributed by atoms with E-state index in [2.05, 4.69) is 4.90 Å². The highest BCUT2D eigenvalue weighted by molar-refractivity contribution is 6.31. The summed E-state index contributed by atoms with van der Waals surface area (Å²) < 4.78 is 5.25. The molecule has 1 saturated heterocycles. The van der Waals surface area contributed by atoms with Crippen LogP contribution in [0.4, 0.5) is 0 Å². The van der Waals surface area contributed by atoms with Crippen LogP contribution in [-0.4, -0.2) is 48.3 Å². The van der Waals surface area contributed by atoms with Crippen molar-refractivity contribution in [2.24, 2.45) is 5.10 Å². The van der Waals surface area contributed by atoms with Crippen LogP contribution < -0.4 is 4.74 Å². The van der Waals surface area contributed by atoms with Crippen molar-refractivity contribution in [1.29, 1.82) is 0 Å². The molecule has 2 heterocycles. The Kier molecular flexibility index (Phi) is 6.16. The molecule has 6 heteroatoms. The molecule has 2 aliphatic rings. The Bertz CT molecular complexity index is 891. The first-order valence-corrected chi connectivity index (χ1v) is 10.5. The van der Waals surface area contributed by atoms with E-state index in [9.17, 15) is 4.79 Å². The molecule has 0 radical (unpaired) electrons. The molecule has 2 aromatic carbocycles. The first-order chi connectivity index (χ1) is 14.2. The molecule has 0 spiro atoms. The van der Waals surface area contributed by atoms with E-state index in [1.165, 1.54) is 6.42 Å². The lowest BCUT2D eigenvalue weighted by Gasteiger charge is -2.29. The molecule has 1 fully saturated rings. The van der Waals surface area contributed by atoms with E-state index in [1.54, 1.807) is 12.1 Å². The van der Waals surface area contributed by atoms with E-state index in [1.807, 2.05) is 48.5 Å². The van der Waals surface area contributed by atoms with Gasteiger partial charge in [-0.3, -0.25) is 9.69 Å². The summed E-state index contributed by atoms with van der Waals surface area (Å²) in [5.41, 5.74) is 2.83. The second-order valence-corrected chi connectivity index (χ2v) is 8.00. The highest BCUT2D eigenvalue weighted by Gasteiger charge is 2.34. The van der Waals surface area contributed by atoms with Gasteiger partial charge in [-0.05, 0) is 67.4 Å². The van der Waals surface area contributed by atoms with Crippen molar-refractivity contribution in [3.05, 3.63) is 64.7 Å². The number of hydrazone groups is 1. The SMILES string of the molecule is COc1ccc(C2=NN(C(=O)CN3CCCCC3)[C@@H](c3ccccc3Cl)C2)cc1. The van der Waals surface area contributed by atoms with Crippen LogP contribution in [0.1, 0.15) is 42.9 Å². The first kappa shape index (κ1) is 19.9. The lowest BCUT2D eigenvalue weighted by atomic mass is 9.98. The number of ether oxygens (including phenoxy) is 1. The quantitative estimate of drug-likeness (QED) is 0.727. The van der Waals surface area contributed by atoms with Crippen LogP contribution in [0.25, 0.3) is 0 Å². The van der Waals surface area contributed by atoms with Crippen molar-refractivity contribution >= 4 is 23.2 Å². The Hall–Kier alpha value is -2.37. The minimum absolute atomic E-state index is 0.0281. The van der Waals surface area contributed by atoms with E-state index in [0.717, 1.165) is 48.5 Å². The smallest absolute Gasteiger partial charge is 0.257 e. The van der Waals surface area contributed by atoms with Crippen LogP contribution in [0.5, 0.6) is 5.75 Å². The van der Waals surface area contributed by atoms with Crippen LogP contribution in [0.15, 0.2) is 53.6 Å². The van der Waals surface area contributed by atoms with Gasteiger partial charge in [-0.15, -0.1) is 0 Å². The van der Waals surface area contributed by atoms with Crippen LogP contribution in [0.3, 0.4) is 0 Å². The van der Waals surface area contributed by atoms with Crippen molar-refractivity contribution in [2.45, 2.75) is 31.7 Å². The predicted octanol–water partition coefficient (Wildman–Crippen LogP) is 4.51. The zero-order valence-electron chi connectivity index (χ0n) is 16.7. The summed E-state index contributed by atoms with van der Waals surface area (Å²) in [6.07, 6.45) is 4.20. The Balaban J connectivity index is 1.61. The van der Waals surface area contributed by atoms with E-state index in [-0.39, 0.29) is 11.9 Å². The lowest BCUT2D eigenvalue weighted by molar-refractivity contribution is -0.134. The summed E-state index contributed by atoms with van der Waals surface area (Å²) in [5, 5.41) is 7.07. The molecule has 0 bridgehead atoms. The topological polar surface area (TPSA) is 45.1 Å². The van der Waals surface area contributed by atoms with Crippen molar-refractivity contribution in [3.8, 4) is 5.75 Å². The Labute approximate surface area is 176 Å². The summed E-state index contributed by atoms with van der Waals surface area (Å²) in [6.45, 7) is 2.36. The van der Waals surface area contributed by atoms with Crippen molar-refractivity contribution in [3.63, 3.8) is 0 Å². The van der Waals surface area contributed by atoms with Crippen LogP contribution in [-0.2, 0) is 4.79 Å². The minimum atomic E-state index is -0.182. The number of hydrogen-bond acceptors (Lipinski definition) is 4. The molecule has 2 aromatic rings. The summed E-state index contributed by atoms with van der Waals surface area (Å²) in [5.74, 6) is 0.827. The van der Waals surface area contributed by atoms with Crippen molar-refractivity contribution < 1.29 is 9.53 Å². The maximum Gasteiger partial charge on any atom is 0.257 e. The summed E-state index contributed by atoms with van der Waals surface area (Å²) in [7, 11) is 1.65. The number of methoxy groups -OCH3 is 1. The molecule has 5 nitrogen and oxygen atoms in total. The van der Waals surface area contributed by atoms with E-state index in [0.29, 0.717) is 18.0 Å². The largest absolute Gasteiger partial charge is 0.497 e. The number of halogens is 1. The number of carbonyl (C=O) groups excluding carboxylic acids is 1. The second-order valence-electron chi connectivity index (χ2n) is 7.59. The highest BCUT2D eigenvalue weighted by Crippen LogP contribution is 2.36. The average Bonchev–Trinajstić information content (AvgIpc) is 3.20. The van der Waals surface area contributed by atoms with Crippen LogP contribution in [0, 0.1) is 0 Å². The Morgan fingerprint density at radius 2 is 1.83 bits per heavy atom. The number of carbonyl (C=O) groups is 1. The maximum atomic E-state index is 13.2. The lowest BCUT2D eigenvalue weighted by Crippen LogP contribution is -2.40. The fourth-order valence-corrected chi connectivity index (χ4v) is 4.33. The standard InChI is InChI=1S/C23H26ClN3O2/c1-29-18-11-9-17(10-12-18)21-15-22(19-7-3-4-8-20(19)24)27(25-21)23(28)16-26-13-5-2-6-14-26/h3-4,7-12,22H,2,5-6,13-16H2,1H3/t22-/m1/s1. The van der Waals surface area contributed by atoms with Gasteiger partial charge in [-0.2, -0.15) is 5.10 Å². The molecule has 2 aliphatic heterocycles. The predicted molar refractivity (Wildman–Crippen MR) is 115 cm³/mol. The number of hydrogen-bond donors (Lipinski definition) is 0. The molecule has 0 N–H and O–H groups in total. The van der Waals surface area contributed by atoms with E-state index >= 15 is 0 Å². The normalized spacial score (nSPS) is 19.9. The van der Waals surface area contributed by atoms with Crippen LogP contribution >= 0.6 is 11.6 Å². The number of likely N-dealkylation sites (tertiary alicyclic amines) is 1. The van der Waals surface area contributed by atoms with E-state index < -0.39 is 0 Å². The van der Waals surface area contributed by atoms with Gasteiger partial charge in [0.15, 0.2) is 0 Å². The molecule has 0 unspecified atom stereocenters. The van der Waals surface area contributed by atoms with Crippen molar-refractivity contribution in [1.82, 2.24) is 9.91 Å². The minimum Gasteiger partial charge on any atom is -0.497 e. The third-order valence-electron chi connectivity index (χ3n) is 5.66. The molecule has 1 atom stereocenters. The monoisotopic (exact) mass is 411 g/mol. The zero-order chi connectivity index (χ0) is 20.2. The first-order valence-electron chi connectivity index (χ1n) is 10.2. The van der Waals surface area contributed by atoms with Crippen molar-refractivity contribution in [2.75, 3.05) is 26.7 Å². The number of rotatable bonds is 5. The molecular formula is C23H26ClN3O2. The fraction of sp³-hybridized carbons (Fsp3) is 0.391. The van der Waals surface area contributed by atoms with Gasteiger partial charge in [0.05, 0.1) is 25.4 Å². The third kappa shape index (κ3) is 4.46. The molecular weight excluding hydrogens is 386 g/mol. The van der Waals surface area contributed by atoms with Gasteiger partial charge in [0, 0.05) is 11.4 Å². The highest BCUT2D eigenvalue weighted by atomic mass is 35.5. The molecule has 4 rings (SSSR count). The maximum absolute atomic E-state index is 13.2. The number of piperidine rings is 1. The van der Waals surface area contributed by atoms with Gasteiger partial charge in [-0.25, -0.2) is 5.01 Å². The van der Waals surface area contributed by atoms with Gasteiger partial charge >= 0.3 is 0 Å². The van der Waals surface area contributed by atoms with Gasteiger partial charge in [0.25, 0.3) is 5.91 Å². The molecule has 0 saturated carbocycles. The second kappa shape index (κ2) is 8.97. The van der Waals surface area contributed by atoms with Gasteiger partial charge < -0.3 is 4.74 Å². The van der Waals surface area contributed by atoms with Gasteiger partial charge in [-0.1, -0.05) is 36.2 Å². The fourth-order valence-electron chi connectivity index (χ4n) is 4.07. The molecule has 0 aliphatic carbocycles. The van der Waals surface area contributed by atoms with Gasteiger partial charge in [0.1, 0.15) is 5.75 Å². The number of nitrogens with zero attached hydrogens (tertiary/aromatic N) is 3. The molecule has 29 heavy (non-hydrogen) atoms. The number of benzene rings is 2. The molecule has 1 amide bonds.